The third-order valence-electron chi connectivity index (χ3n) is 3.91. The predicted molar refractivity (Wildman–Crippen MR) is 95.2 cm³/mol. The summed E-state index contributed by atoms with van der Waals surface area (Å²) in [5.41, 5.74) is -0.193. The number of anilines is 1. The normalized spacial score (nSPS) is 11.6. The first-order chi connectivity index (χ1) is 13.3. The molecule has 0 fully saturated rings. The number of carbonyl (C=O) groups excluding carboxylic acids is 1. The van der Waals surface area contributed by atoms with Crippen molar-refractivity contribution in [2.24, 2.45) is 0 Å². The van der Waals surface area contributed by atoms with Crippen molar-refractivity contribution >= 4 is 27.3 Å². The zero-order valence-electron chi connectivity index (χ0n) is 15.0. The molecule has 0 radical (unpaired) electrons. The number of carbonyl (C=O) groups is 1. The van der Waals surface area contributed by atoms with E-state index in [2.05, 4.69) is 10.2 Å². The lowest BCUT2D eigenvalue weighted by Crippen LogP contribution is -2.37. The van der Waals surface area contributed by atoms with Crippen LogP contribution in [-0.2, 0) is 19.6 Å². The molecule has 0 atom stereocenters. The van der Waals surface area contributed by atoms with Crippen LogP contribution < -0.4 is 4.31 Å². The van der Waals surface area contributed by atoms with Crippen molar-refractivity contribution in [1.29, 1.82) is 0 Å². The largest absolute Gasteiger partial charge is 0.465 e. The number of pyridine rings is 1. The van der Waals surface area contributed by atoms with Gasteiger partial charge in [0.25, 0.3) is 10.0 Å². The molecule has 0 aliphatic heterocycles. The van der Waals surface area contributed by atoms with Crippen LogP contribution >= 0.6 is 0 Å². The van der Waals surface area contributed by atoms with Crippen molar-refractivity contribution in [2.45, 2.75) is 18.7 Å². The Morgan fingerprint density at radius 3 is 2.64 bits per heavy atom. The molecule has 0 saturated heterocycles. The van der Waals surface area contributed by atoms with Crippen LogP contribution in [0.1, 0.15) is 12.7 Å². The van der Waals surface area contributed by atoms with Gasteiger partial charge in [0.1, 0.15) is 17.3 Å². The van der Waals surface area contributed by atoms with E-state index in [1.807, 2.05) is 0 Å². The van der Waals surface area contributed by atoms with Gasteiger partial charge in [-0.2, -0.15) is 0 Å². The van der Waals surface area contributed by atoms with Crippen molar-refractivity contribution in [3.8, 4) is 0 Å². The first-order valence-corrected chi connectivity index (χ1v) is 9.63. The standard InChI is InChI=1S/C17H16F2N4O4S/c1-3-27-16(24)10-23(12-6-7-13(18)14(19)9-12)28(25,26)15-5-4-8-22-11(2)20-21-17(15)22/h4-9H,3,10H2,1-2H3. The lowest BCUT2D eigenvalue weighted by Gasteiger charge is -2.23. The number of rotatable bonds is 6. The lowest BCUT2D eigenvalue weighted by atomic mass is 10.3. The first kappa shape index (κ1) is 19.7. The predicted octanol–water partition coefficient (Wildman–Crippen LogP) is 2.07. The molecule has 0 aliphatic rings. The van der Waals surface area contributed by atoms with E-state index >= 15 is 0 Å². The Kier molecular flexibility index (Phi) is 5.27. The van der Waals surface area contributed by atoms with Crippen molar-refractivity contribution in [3.05, 3.63) is 54.0 Å². The number of hydrogen-bond donors (Lipinski definition) is 0. The van der Waals surface area contributed by atoms with Crippen LogP contribution in [0.3, 0.4) is 0 Å². The average Bonchev–Trinajstić information content (AvgIpc) is 3.03. The first-order valence-electron chi connectivity index (χ1n) is 8.19. The molecule has 3 aromatic rings. The highest BCUT2D eigenvalue weighted by atomic mass is 32.2. The van der Waals surface area contributed by atoms with Crippen molar-refractivity contribution in [1.82, 2.24) is 14.6 Å². The molecule has 148 valence electrons. The Balaban J connectivity index is 2.17. The van der Waals surface area contributed by atoms with Gasteiger partial charge in [0.05, 0.1) is 12.3 Å². The van der Waals surface area contributed by atoms with E-state index < -0.39 is 34.2 Å². The molecule has 0 spiro atoms. The van der Waals surface area contributed by atoms with Crippen LogP contribution in [0.25, 0.3) is 5.65 Å². The smallest absolute Gasteiger partial charge is 0.326 e. The summed E-state index contributed by atoms with van der Waals surface area (Å²) in [6.07, 6.45) is 1.58. The average molecular weight is 410 g/mol. The molecule has 1 aromatic carbocycles. The van der Waals surface area contributed by atoms with E-state index in [1.54, 1.807) is 20.0 Å². The molecule has 0 bridgehead atoms. The summed E-state index contributed by atoms with van der Waals surface area (Å²) in [5.74, 6) is -2.79. The maximum atomic E-state index is 13.7. The Labute approximate surface area is 159 Å². The zero-order valence-corrected chi connectivity index (χ0v) is 15.8. The summed E-state index contributed by atoms with van der Waals surface area (Å²) >= 11 is 0. The minimum Gasteiger partial charge on any atom is -0.465 e. The number of aromatic nitrogens is 3. The molecule has 11 heteroatoms. The summed E-state index contributed by atoms with van der Waals surface area (Å²) in [6.45, 7) is 2.51. The van der Waals surface area contributed by atoms with E-state index in [0.29, 0.717) is 16.2 Å². The summed E-state index contributed by atoms with van der Waals surface area (Å²) < 4.78 is 60.6. The van der Waals surface area contributed by atoms with E-state index in [-0.39, 0.29) is 22.8 Å². The van der Waals surface area contributed by atoms with Crippen molar-refractivity contribution < 1.29 is 26.7 Å². The number of ether oxygens (including phenoxy) is 1. The van der Waals surface area contributed by atoms with Crippen molar-refractivity contribution in [2.75, 3.05) is 17.5 Å². The molecule has 0 amide bonds. The van der Waals surface area contributed by atoms with Gasteiger partial charge in [-0.15, -0.1) is 10.2 Å². The zero-order chi connectivity index (χ0) is 20.5. The molecule has 0 saturated carbocycles. The van der Waals surface area contributed by atoms with Gasteiger partial charge in [-0.05, 0) is 38.1 Å². The van der Waals surface area contributed by atoms with Gasteiger partial charge in [0, 0.05) is 12.3 Å². The highest BCUT2D eigenvalue weighted by molar-refractivity contribution is 7.93. The quantitative estimate of drug-likeness (QED) is 0.578. The molecule has 0 aliphatic carbocycles. The third kappa shape index (κ3) is 3.52. The summed E-state index contributed by atoms with van der Waals surface area (Å²) in [4.78, 5) is 11.7. The highest BCUT2D eigenvalue weighted by Gasteiger charge is 2.31. The van der Waals surface area contributed by atoms with E-state index in [4.69, 9.17) is 4.74 Å². The maximum Gasteiger partial charge on any atom is 0.326 e. The van der Waals surface area contributed by atoms with Gasteiger partial charge in [-0.25, -0.2) is 17.2 Å². The number of halogens is 2. The van der Waals surface area contributed by atoms with Gasteiger partial charge in [0.2, 0.25) is 0 Å². The summed E-state index contributed by atoms with van der Waals surface area (Å²) in [6, 6.07) is 5.30. The Morgan fingerprint density at radius 1 is 1.21 bits per heavy atom. The molecular weight excluding hydrogens is 394 g/mol. The van der Waals surface area contributed by atoms with Crippen LogP contribution in [0.2, 0.25) is 0 Å². The number of hydrogen-bond acceptors (Lipinski definition) is 6. The Hall–Kier alpha value is -3.08. The number of nitrogens with zero attached hydrogens (tertiary/aromatic N) is 4. The number of fused-ring (bicyclic) bond motifs is 1. The molecule has 0 N–H and O–H groups in total. The molecule has 0 unspecified atom stereocenters. The number of benzene rings is 1. The van der Waals surface area contributed by atoms with Gasteiger partial charge in [-0.1, -0.05) is 0 Å². The minimum atomic E-state index is -4.39. The second-order valence-electron chi connectivity index (χ2n) is 5.73. The van der Waals surface area contributed by atoms with Gasteiger partial charge >= 0.3 is 5.97 Å². The summed E-state index contributed by atoms with van der Waals surface area (Å²) in [7, 11) is -4.39. The van der Waals surface area contributed by atoms with Crippen LogP contribution in [-0.4, -0.2) is 42.1 Å². The molecule has 2 heterocycles. The van der Waals surface area contributed by atoms with Gasteiger partial charge in [-0.3, -0.25) is 13.5 Å². The fraction of sp³-hybridized carbons (Fsp3) is 0.235. The number of sulfonamides is 1. The van der Waals surface area contributed by atoms with E-state index in [9.17, 15) is 22.0 Å². The summed E-state index contributed by atoms with van der Waals surface area (Å²) in [5, 5.41) is 7.71. The fourth-order valence-electron chi connectivity index (χ4n) is 2.61. The van der Waals surface area contributed by atoms with Crippen LogP contribution in [0.4, 0.5) is 14.5 Å². The molecular formula is C17H16F2N4O4S. The SMILES string of the molecule is CCOC(=O)CN(c1ccc(F)c(F)c1)S(=O)(=O)c1cccn2c(C)nnc12. The van der Waals surface area contributed by atoms with Crippen LogP contribution in [0, 0.1) is 18.6 Å². The highest BCUT2D eigenvalue weighted by Crippen LogP contribution is 2.27. The number of aryl methyl sites for hydroxylation is 1. The molecule has 28 heavy (non-hydrogen) atoms. The topological polar surface area (TPSA) is 93.9 Å². The molecule has 8 nitrogen and oxygen atoms in total. The fourth-order valence-corrected chi connectivity index (χ4v) is 4.13. The monoisotopic (exact) mass is 410 g/mol. The second kappa shape index (κ2) is 7.50. The third-order valence-corrected chi connectivity index (χ3v) is 5.70. The van der Waals surface area contributed by atoms with Crippen LogP contribution in [0.5, 0.6) is 0 Å². The van der Waals surface area contributed by atoms with Crippen LogP contribution in [0.15, 0.2) is 41.4 Å². The maximum absolute atomic E-state index is 13.7. The molecule has 3 rings (SSSR count). The molecule has 2 aromatic heterocycles. The van der Waals surface area contributed by atoms with Crippen molar-refractivity contribution in [3.63, 3.8) is 0 Å². The van der Waals surface area contributed by atoms with Gasteiger partial charge in [0.15, 0.2) is 17.3 Å². The Morgan fingerprint density at radius 2 is 1.96 bits per heavy atom. The van der Waals surface area contributed by atoms with E-state index in [0.717, 1.165) is 12.1 Å². The van der Waals surface area contributed by atoms with E-state index in [1.165, 1.54) is 16.5 Å². The minimum absolute atomic E-state index is 0.0312. The second-order valence-corrected chi connectivity index (χ2v) is 7.56. The lowest BCUT2D eigenvalue weighted by molar-refractivity contribution is -0.141. The Bertz CT molecular complexity index is 1150. The van der Waals surface area contributed by atoms with Gasteiger partial charge < -0.3 is 4.74 Å². The number of esters is 1.